The van der Waals surface area contributed by atoms with Crippen LogP contribution < -0.4 is 0 Å². The Morgan fingerprint density at radius 1 is 1.40 bits per heavy atom. The molecule has 0 spiro atoms. The van der Waals surface area contributed by atoms with Gasteiger partial charge in [0.15, 0.2) is 0 Å². The second-order valence-electron chi connectivity index (χ2n) is 5.21. The molecule has 0 saturated carbocycles. The predicted molar refractivity (Wildman–Crippen MR) is 63.2 cm³/mol. The lowest BCUT2D eigenvalue weighted by atomic mass is 10.00. The Morgan fingerprint density at radius 2 is 1.87 bits per heavy atom. The maximum Gasteiger partial charge on any atom is 0.0902 e. The molecule has 2 atom stereocenters. The first-order valence-corrected chi connectivity index (χ1v) is 8.58. The third-order valence-electron chi connectivity index (χ3n) is 2.88. The highest BCUT2D eigenvalue weighted by molar-refractivity contribution is 6.79. The Balaban J connectivity index is 5.44. The summed E-state index contributed by atoms with van der Waals surface area (Å²) in [5, 5.41) is 22.3. The fraction of sp³-hybridized carbons (Fsp3) is 1.00. The molecule has 0 rings (SSSR count). The molecule has 2 N–H and O–H groups in total. The Labute approximate surface area is 91.8 Å². The van der Waals surface area contributed by atoms with Gasteiger partial charge in [0.25, 0.3) is 0 Å². The van der Waals surface area contributed by atoms with E-state index in [9.17, 15) is 10.2 Å². The summed E-state index contributed by atoms with van der Waals surface area (Å²) in [7, 11) is -2.00. The molecule has 15 heavy (non-hydrogen) atoms. The van der Waals surface area contributed by atoms with Crippen LogP contribution in [-0.4, -0.2) is 36.2 Å². The zero-order valence-electron chi connectivity index (χ0n) is 10.1. The van der Waals surface area contributed by atoms with Crippen molar-refractivity contribution in [1.82, 2.24) is 0 Å². The van der Waals surface area contributed by atoms with Crippen molar-refractivity contribution in [3.8, 4) is 0 Å². The smallest absolute Gasteiger partial charge is 0.0902 e. The van der Waals surface area contributed by atoms with E-state index in [0.717, 1.165) is 0 Å². The third kappa shape index (κ3) is 2.72. The largest absolute Gasteiger partial charge is 0.396 e. The van der Waals surface area contributed by atoms with Crippen LogP contribution in [0.25, 0.3) is 10.4 Å². The second-order valence-corrected chi connectivity index (χ2v) is 10.6. The first-order chi connectivity index (χ1) is 6.73. The van der Waals surface area contributed by atoms with Crippen LogP contribution in [0.1, 0.15) is 13.8 Å². The summed E-state index contributed by atoms with van der Waals surface area (Å²) in [6.45, 7) is 9.33. The lowest BCUT2D eigenvalue weighted by molar-refractivity contribution is 0.0475. The lowest BCUT2D eigenvalue weighted by Gasteiger charge is -2.43. The van der Waals surface area contributed by atoms with Crippen LogP contribution >= 0.6 is 0 Å². The summed E-state index contributed by atoms with van der Waals surface area (Å²) in [5.74, 6) is -0.0469. The maximum absolute atomic E-state index is 10.1. The average Bonchev–Trinajstić information content (AvgIpc) is 2.10. The Morgan fingerprint density at radius 3 is 2.07 bits per heavy atom. The van der Waals surface area contributed by atoms with Gasteiger partial charge in [0.1, 0.15) is 0 Å². The summed E-state index contributed by atoms with van der Waals surface area (Å²) in [4.78, 5) is 2.79. The van der Waals surface area contributed by atoms with E-state index in [1.165, 1.54) is 0 Å². The van der Waals surface area contributed by atoms with Gasteiger partial charge in [-0.25, -0.2) is 0 Å². The van der Waals surface area contributed by atoms with Crippen molar-refractivity contribution >= 4 is 8.07 Å². The topological polar surface area (TPSA) is 89.2 Å². The van der Waals surface area contributed by atoms with Crippen molar-refractivity contribution in [1.29, 1.82) is 0 Å². The summed E-state index contributed by atoms with van der Waals surface area (Å²) in [6.07, 6.45) is -0.801. The molecule has 0 aliphatic heterocycles. The quantitative estimate of drug-likeness (QED) is 0.327. The van der Waals surface area contributed by atoms with E-state index >= 15 is 0 Å². The van der Waals surface area contributed by atoms with E-state index in [1.54, 1.807) is 0 Å². The van der Waals surface area contributed by atoms with E-state index in [1.807, 2.05) is 33.5 Å². The van der Waals surface area contributed by atoms with Crippen LogP contribution in [0.3, 0.4) is 0 Å². The first kappa shape index (κ1) is 14.4. The minimum atomic E-state index is -2.00. The fourth-order valence-electron chi connectivity index (χ4n) is 1.65. The van der Waals surface area contributed by atoms with Crippen LogP contribution in [0, 0.1) is 5.92 Å². The molecule has 0 heterocycles. The van der Waals surface area contributed by atoms with Gasteiger partial charge in [0.2, 0.25) is 0 Å². The first-order valence-electron chi connectivity index (χ1n) is 5.08. The number of hydrogen-bond donors (Lipinski definition) is 2. The number of hydrogen-bond acceptors (Lipinski definition) is 3. The van der Waals surface area contributed by atoms with E-state index in [0.29, 0.717) is 0 Å². The average molecular weight is 231 g/mol. The van der Waals surface area contributed by atoms with Crippen LogP contribution in [0.5, 0.6) is 0 Å². The standard InChI is InChI=1S/C9H21N3O2Si/c1-7(2)8(14)9(6-13,11-12-10)15(3,4)5/h7-8,13-14H,6H2,1-5H3/t8-,9+/m1/s1. The van der Waals surface area contributed by atoms with Gasteiger partial charge in [0.05, 0.1) is 25.9 Å². The molecular weight excluding hydrogens is 210 g/mol. The maximum atomic E-state index is 10.1. The van der Waals surface area contributed by atoms with Gasteiger partial charge >= 0.3 is 0 Å². The number of aliphatic hydroxyl groups is 2. The number of rotatable bonds is 5. The molecule has 0 aromatic rings. The van der Waals surface area contributed by atoms with Crippen molar-refractivity contribution in [2.45, 2.75) is 44.8 Å². The molecule has 6 heteroatoms. The van der Waals surface area contributed by atoms with Crippen molar-refractivity contribution < 1.29 is 10.2 Å². The minimum absolute atomic E-state index is 0.0469. The molecule has 0 amide bonds. The number of nitrogens with zero attached hydrogens (tertiary/aromatic N) is 3. The van der Waals surface area contributed by atoms with Crippen LogP contribution in [0.15, 0.2) is 5.11 Å². The molecule has 0 aromatic heterocycles. The monoisotopic (exact) mass is 231 g/mol. The lowest BCUT2D eigenvalue weighted by Crippen LogP contribution is -2.62. The molecule has 0 fully saturated rings. The SMILES string of the molecule is CC(C)[C@@H](O)[C@@](CO)(N=[N+]=[N-])[Si](C)(C)C. The Kier molecular flexibility index (Phi) is 4.80. The van der Waals surface area contributed by atoms with Gasteiger partial charge in [-0.05, 0) is 11.4 Å². The highest BCUT2D eigenvalue weighted by atomic mass is 28.3. The summed E-state index contributed by atoms with van der Waals surface area (Å²) in [5.41, 5.74) is 8.59. The van der Waals surface area contributed by atoms with Gasteiger partial charge in [-0.15, -0.1) is 0 Å². The zero-order valence-corrected chi connectivity index (χ0v) is 11.1. The summed E-state index contributed by atoms with van der Waals surface area (Å²) in [6, 6.07) is 0. The third-order valence-corrected chi connectivity index (χ3v) is 6.04. The summed E-state index contributed by atoms with van der Waals surface area (Å²) < 4.78 is 0. The highest BCUT2D eigenvalue weighted by Gasteiger charge is 2.49. The number of azide groups is 1. The molecule has 0 saturated heterocycles. The zero-order chi connectivity index (χ0) is 12.3. The van der Waals surface area contributed by atoms with Crippen LogP contribution in [0.4, 0.5) is 0 Å². The molecule has 0 aliphatic rings. The van der Waals surface area contributed by atoms with Crippen LogP contribution in [-0.2, 0) is 0 Å². The van der Waals surface area contributed by atoms with Crippen LogP contribution in [0.2, 0.25) is 19.6 Å². The second kappa shape index (κ2) is 4.98. The normalized spacial score (nSPS) is 18.1. The molecule has 0 unspecified atom stereocenters. The molecule has 0 radical (unpaired) electrons. The highest BCUT2D eigenvalue weighted by Crippen LogP contribution is 2.32. The minimum Gasteiger partial charge on any atom is -0.396 e. The molecule has 5 nitrogen and oxygen atoms in total. The van der Waals surface area contributed by atoms with E-state index in [2.05, 4.69) is 10.0 Å². The Bertz CT molecular complexity index is 259. The molecule has 88 valence electrons. The van der Waals surface area contributed by atoms with Gasteiger partial charge in [-0.2, -0.15) is 0 Å². The molecule has 0 aliphatic carbocycles. The van der Waals surface area contributed by atoms with Gasteiger partial charge in [-0.3, -0.25) is 0 Å². The van der Waals surface area contributed by atoms with Gasteiger partial charge < -0.3 is 10.2 Å². The fourth-order valence-corrected chi connectivity index (χ4v) is 3.69. The van der Waals surface area contributed by atoms with Crippen molar-refractivity contribution in [3.63, 3.8) is 0 Å². The predicted octanol–water partition coefficient (Wildman–Crippen LogP) is 1.92. The van der Waals surface area contributed by atoms with Gasteiger partial charge in [-0.1, -0.05) is 38.6 Å². The van der Waals surface area contributed by atoms with E-state index in [-0.39, 0.29) is 12.5 Å². The number of aliphatic hydroxyl groups excluding tert-OH is 2. The Hall–Kier alpha value is -0.553. The van der Waals surface area contributed by atoms with E-state index < -0.39 is 19.3 Å². The molecule has 0 aromatic carbocycles. The van der Waals surface area contributed by atoms with Crippen molar-refractivity contribution in [2.24, 2.45) is 11.0 Å². The van der Waals surface area contributed by atoms with Crippen molar-refractivity contribution in [3.05, 3.63) is 10.4 Å². The van der Waals surface area contributed by atoms with E-state index in [4.69, 9.17) is 5.53 Å². The molecule has 0 bridgehead atoms. The summed E-state index contributed by atoms with van der Waals surface area (Å²) >= 11 is 0. The molecular formula is C9H21N3O2Si. The van der Waals surface area contributed by atoms with Crippen molar-refractivity contribution in [2.75, 3.05) is 6.61 Å². The van der Waals surface area contributed by atoms with Gasteiger partial charge in [0, 0.05) is 4.91 Å².